The highest BCUT2D eigenvalue weighted by atomic mass is 79.9. The maximum atomic E-state index is 12.5. The lowest BCUT2D eigenvalue weighted by Crippen LogP contribution is -2.10. The molecular weight excluding hydrogens is 542 g/mol. The van der Waals surface area contributed by atoms with Crippen LogP contribution in [0.2, 0.25) is 5.02 Å². The van der Waals surface area contributed by atoms with Gasteiger partial charge in [-0.1, -0.05) is 23.7 Å². The SMILES string of the molecule is Cc1cccc(N=Cc2cc(Br)c(OS(=O)(=O)c3ccc(Cl)cc3)c(Br)c2)c1C. The average molecular weight is 558 g/mol. The van der Waals surface area contributed by atoms with Crippen LogP contribution >= 0.6 is 43.5 Å². The summed E-state index contributed by atoms with van der Waals surface area (Å²) in [4.78, 5) is 4.56. The summed E-state index contributed by atoms with van der Waals surface area (Å²) in [5.41, 5.74) is 3.93. The van der Waals surface area contributed by atoms with Crippen molar-refractivity contribution in [2.75, 3.05) is 0 Å². The highest BCUT2D eigenvalue weighted by Crippen LogP contribution is 2.36. The summed E-state index contributed by atoms with van der Waals surface area (Å²) in [5.74, 6) is 0.156. The molecule has 8 heteroatoms. The lowest BCUT2D eigenvalue weighted by Gasteiger charge is -2.11. The number of hydrogen-bond acceptors (Lipinski definition) is 4. The minimum atomic E-state index is -4.01. The predicted molar refractivity (Wildman–Crippen MR) is 124 cm³/mol. The monoisotopic (exact) mass is 555 g/mol. The van der Waals surface area contributed by atoms with Gasteiger partial charge in [-0.15, -0.1) is 0 Å². The Kier molecular flexibility index (Phi) is 6.83. The van der Waals surface area contributed by atoms with Gasteiger partial charge in [0.15, 0.2) is 5.75 Å². The quantitative estimate of drug-likeness (QED) is 0.251. The third-order valence-electron chi connectivity index (χ3n) is 4.24. The molecule has 0 unspecified atom stereocenters. The molecule has 3 rings (SSSR count). The van der Waals surface area contributed by atoms with Crippen LogP contribution in [0.5, 0.6) is 5.75 Å². The summed E-state index contributed by atoms with van der Waals surface area (Å²) in [7, 11) is -4.01. The van der Waals surface area contributed by atoms with Crippen LogP contribution in [0.3, 0.4) is 0 Å². The molecule has 0 saturated carbocycles. The minimum Gasteiger partial charge on any atom is -0.377 e. The second-order valence-electron chi connectivity index (χ2n) is 6.28. The number of rotatable bonds is 5. The number of halogens is 3. The summed E-state index contributed by atoms with van der Waals surface area (Å²) in [5, 5.41) is 0.443. The number of benzene rings is 3. The molecule has 0 aliphatic carbocycles. The van der Waals surface area contributed by atoms with E-state index in [2.05, 4.69) is 36.9 Å². The molecule has 0 atom stereocenters. The Bertz CT molecular complexity index is 1170. The van der Waals surface area contributed by atoms with Gasteiger partial charge in [0.25, 0.3) is 0 Å². The average Bonchev–Trinajstić information content (AvgIpc) is 2.66. The van der Waals surface area contributed by atoms with Crippen molar-refractivity contribution in [2.24, 2.45) is 4.99 Å². The van der Waals surface area contributed by atoms with Gasteiger partial charge in [0, 0.05) is 11.2 Å². The summed E-state index contributed by atoms with van der Waals surface area (Å²) in [6.45, 7) is 4.06. The summed E-state index contributed by atoms with van der Waals surface area (Å²) >= 11 is 12.6. The maximum absolute atomic E-state index is 12.5. The summed E-state index contributed by atoms with van der Waals surface area (Å²) < 4.78 is 31.4. The van der Waals surface area contributed by atoms with Crippen molar-refractivity contribution in [2.45, 2.75) is 18.7 Å². The Hall–Kier alpha value is -1.67. The number of hydrogen-bond donors (Lipinski definition) is 0. The zero-order valence-corrected chi connectivity index (χ0v) is 20.2. The Morgan fingerprint density at radius 1 is 1.00 bits per heavy atom. The Labute approximate surface area is 192 Å². The van der Waals surface area contributed by atoms with Crippen LogP contribution in [0.25, 0.3) is 0 Å². The third kappa shape index (κ3) is 5.28. The van der Waals surface area contributed by atoms with Crippen LogP contribution in [-0.2, 0) is 10.1 Å². The first-order chi connectivity index (χ1) is 13.7. The number of nitrogens with zero attached hydrogens (tertiary/aromatic N) is 1. The lowest BCUT2D eigenvalue weighted by molar-refractivity contribution is 0.483. The highest BCUT2D eigenvalue weighted by Gasteiger charge is 2.20. The van der Waals surface area contributed by atoms with Gasteiger partial charge < -0.3 is 4.18 Å². The normalized spacial score (nSPS) is 11.8. The van der Waals surface area contributed by atoms with E-state index in [0.29, 0.717) is 14.0 Å². The molecule has 0 saturated heterocycles. The molecule has 0 fully saturated rings. The topological polar surface area (TPSA) is 55.7 Å². The molecule has 0 bridgehead atoms. The molecule has 29 heavy (non-hydrogen) atoms. The fourth-order valence-electron chi connectivity index (χ4n) is 2.51. The lowest BCUT2D eigenvalue weighted by atomic mass is 10.1. The van der Waals surface area contributed by atoms with Gasteiger partial charge in [-0.3, -0.25) is 4.99 Å². The van der Waals surface area contributed by atoms with Crippen LogP contribution in [-0.4, -0.2) is 14.6 Å². The molecule has 4 nitrogen and oxygen atoms in total. The first-order valence-electron chi connectivity index (χ1n) is 8.47. The van der Waals surface area contributed by atoms with Gasteiger partial charge >= 0.3 is 10.1 Å². The van der Waals surface area contributed by atoms with Gasteiger partial charge in [-0.05, 0) is 105 Å². The van der Waals surface area contributed by atoms with E-state index in [1.54, 1.807) is 18.3 Å². The third-order valence-corrected chi connectivity index (χ3v) is 6.91. The van der Waals surface area contributed by atoms with Crippen molar-refractivity contribution in [3.63, 3.8) is 0 Å². The maximum Gasteiger partial charge on any atom is 0.339 e. The largest absolute Gasteiger partial charge is 0.377 e. The Balaban J connectivity index is 1.89. The van der Waals surface area contributed by atoms with Crippen molar-refractivity contribution in [3.8, 4) is 5.75 Å². The molecule has 0 heterocycles. The fourth-order valence-corrected chi connectivity index (χ4v) is 5.20. The van der Waals surface area contributed by atoms with Crippen LogP contribution in [0.4, 0.5) is 5.69 Å². The molecule has 150 valence electrons. The van der Waals surface area contributed by atoms with E-state index in [1.165, 1.54) is 24.3 Å². The van der Waals surface area contributed by atoms with Gasteiger partial charge in [0.2, 0.25) is 0 Å². The van der Waals surface area contributed by atoms with Gasteiger partial charge in [-0.2, -0.15) is 8.42 Å². The molecule has 0 spiro atoms. The standard InChI is InChI=1S/C21H16Br2ClNO3S/c1-13-4-3-5-20(14(13)2)25-12-15-10-18(22)21(19(23)11-15)28-29(26,27)17-8-6-16(24)7-9-17/h3-12H,1-2H3. The molecule has 3 aromatic carbocycles. The van der Waals surface area contributed by atoms with Crippen molar-refractivity contribution >= 4 is 65.5 Å². The number of aryl methyl sites for hydroxylation is 1. The molecule has 0 radical (unpaired) electrons. The van der Waals surface area contributed by atoms with Crippen LogP contribution in [0.1, 0.15) is 16.7 Å². The predicted octanol–water partition coefficient (Wildman–Crippen LogP) is 7.00. The highest BCUT2D eigenvalue weighted by molar-refractivity contribution is 9.11. The van der Waals surface area contributed by atoms with E-state index in [-0.39, 0.29) is 10.6 Å². The van der Waals surface area contributed by atoms with E-state index in [4.69, 9.17) is 15.8 Å². The molecule has 0 aliphatic heterocycles. The Morgan fingerprint density at radius 3 is 2.24 bits per heavy atom. The van der Waals surface area contributed by atoms with Crippen LogP contribution in [0, 0.1) is 13.8 Å². The van der Waals surface area contributed by atoms with E-state index >= 15 is 0 Å². The fraction of sp³-hybridized carbons (Fsp3) is 0.0952. The molecule has 3 aromatic rings. The molecule has 0 N–H and O–H groups in total. The molecule has 0 aromatic heterocycles. The second-order valence-corrected chi connectivity index (χ2v) is 9.97. The zero-order valence-electron chi connectivity index (χ0n) is 15.5. The van der Waals surface area contributed by atoms with Crippen LogP contribution in [0.15, 0.2) is 73.4 Å². The molecule has 0 amide bonds. The van der Waals surface area contributed by atoms with Crippen molar-refractivity contribution < 1.29 is 12.6 Å². The Morgan fingerprint density at radius 2 is 1.62 bits per heavy atom. The summed E-state index contributed by atoms with van der Waals surface area (Å²) in [6, 6.07) is 15.2. The smallest absolute Gasteiger partial charge is 0.339 e. The summed E-state index contributed by atoms with van der Waals surface area (Å²) in [6.07, 6.45) is 1.72. The van der Waals surface area contributed by atoms with Crippen LogP contribution < -0.4 is 4.18 Å². The molecule has 0 aliphatic rings. The van der Waals surface area contributed by atoms with E-state index < -0.39 is 10.1 Å². The van der Waals surface area contributed by atoms with Crippen molar-refractivity contribution in [1.29, 1.82) is 0 Å². The number of aliphatic imine (C=N–C) groups is 1. The zero-order chi connectivity index (χ0) is 21.2. The van der Waals surface area contributed by atoms with E-state index in [0.717, 1.165) is 22.4 Å². The van der Waals surface area contributed by atoms with Gasteiger partial charge in [-0.25, -0.2) is 0 Å². The van der Waals surface area contributed by atoms with E-state index in [1.807, 2.05) is 32.0 Å². The first kappa shape index (κ1) is 22.0. The van der Waals surface area contributed by atoms with Crippen molar-refractivity contribution in [1.82, 2.24) is 0 Å². The molecular formula is C21H16Br2ClNO3S. The minimum absolute atomic E-state index is 0.0151. The van der Waals surface area contributed by atoms with Crippen molar-refractivity contribution in [3.05, 3.63) is 85.3 Å². The van der Waals surface area contributed by atoms with E-state index in [9.17, 15) is 8.42 Å². The van der Waals surface area contributed by atoms with Gasteiger partial charge in [0.05, 0.1) is 14.6 Å². The van der Waals surface area contributed by atoms with Gasteiger partial charge in [0.1, 0.15) is 4.90 Å². The first-order valence-corrected chi connectivity index (χ1v) is 11.8. The second kappa shape index (κ2) is 9.00.